The van der Waals surface area contributed by atoms with Gasteiger partial charge < -0.3 is 23.4 Å². The summed E-state index contributed by atoms with van der Waals surface area (Å²) in [5, 5.41) is 3.22. The van der Waals surface area contributed by atoms with E-state index >= 15 is 0 Å². The average Bonchev–Trinajstić information content (AvgIpc) is 2.33. The normalized spacial score (nSPS) is 16.6. The van der Waals surface area contributed by atoms with Crippen molar-refractivity contribution in [3.05, 3.63) is 0 Å². The van der Waals surface area contributed by atoms with Crippen LogP contribution < -0.4 is 11.1 Å². The molecular weight excluding hydrogens is 344 g/mol. The first kappa shape index (κ1) is 22.7. The van der Waals surface area contributed by atoms with E-state index in [1.54, 1.807) is 0 Å². The second-order valence-electron chi connectivity index (χ2n) is 7.70. The Balaban J connectivity index is 5.11. The van der Waals surface area contributed by atoms with Crippen LogP contribution in [0.1, 0.15) is 13.8 Å². The van der Waals surface area contributed by atoms with E-state index in [2.05, 4.69) is 65.0 Å². The molecule has 0 saturated heterocycles. The molecule has 0 aliphatic heterocycles. The summed E-state index contributed by atoms with van der Waals surface area (Å²) in [6, 6.07) is 2.18. The Bertz CT molecular complexity index is 343. The zero-order chi connectivity index (χ0) is 17.7. The number of hydrogen-bond donors (Lipinski definition) is 2. The van der Waals surface area contributed by atoms with E-state index in [1.165, 1.54) is 0 Å². The Morgan fingerprint density at radius 1 is 0.773 bits per heavy atom. The molecule has 0 radical (unpaired) electrons. The quantitative estimate of drug-likeness (QED) is 0.424. The van der Waals surface area contributed by atoms with Crippen LogP contribution in [-0.4, -0.2) is 46.6 Å². The molecule has 0 aliphatic rings. The summed E-state index contributed by atoms with van der Waals surface area (Å²) >= 11 is 0. The number of nitrogens with one attached hydrogen (secondary N) is 1. The lowest BCUT2D eigenvalue weighted by molar-refractivity contribution is 0.318. The van der Waals surface area contributed by atoms with Gasteiger partial charge in [0.15, 0.2) is 16.6 Å². The van der Waals surface area contributed by atoms with Crippen molar-refractivity contribution in [2.24, 2.45) is 5.73 Å². The van der Waals surface area contributed by atoms with Gasteiger partial charge >= 0.3 is 17.1 Å². The minimum absolute atomic E-state index is 0.446. The van der Waals surface area contributed by atoms with Gasteiger partial charge in [-0.15, -0.1) is 0 Å². The molecule has 0 saturated carbocycles. The van der Waals surface area contributed by atoms with Crippen LogP contribution in [0.4, 0.5) is 0 Å². The van der Waals surface area contributed by atoms with Gasteiger partial charge in [0, 0.05) is 12.8 Å². The van der Waals surface area contributed by atoms with Gasteiger partial charge in [0.1, 0.15) is 0 Å². The van der Waals surface area contributed by atoms with Crippen molar-refractivity contribution >= 4 is 33.8 Å². The molecule has 0 heterocycles. The molecule has 134 valence electrons. The lowest BCUT2D eigenvalue weighted by Crippen LogP contribution is -2.61. The van der Waals surface area contributed by atoms with E-state index in [0.29, 0.717) is 12.8 Å². The van der Waals surface area contributed by atoms with Gasteiger partial charge in [-0.25, -0.2) is 0 Å². The Kier molecular flexibility index (Phi) is 8.94. The largest absolute Gasteiger partial charge is 0.436 e. The maximum atomic E-state index is 6.59. The van der Waals surface area contributed by atoms with Crippen LogP contribution in [0.15, 0.2) is 0 Å². The van der Waals surface area contributed by atoms with E-state index in [9.17, 15) is 0 Å². The van der Waals surface area contributed by atoms with E-state index in [4.69, 9.17) is 18.1 Å². The smallest absolute Gasteiger partial charge is 0.330 e. The third kappa shape index (κ3) is 9.08. The SMILES string of the molecule is CC[Si](C)(C)O[Si](C)(C)O[Si](C)(CNCN)O[Si](C)(C)CC. The zero-order valence-corrected chi connectivity index (χ0v) is 20.1. The third-order valence-electron chi connectivity index (χ3n) is 3.77. The fourth-order valence-electron chi connectivity index (χ4n) is 2.33. The summed E-state index contributed by atoms with van der Waals surface area (Å²) in [6.45, 7) is 20.3. The van der Waals surface area contributed by atoms with Crippen molar-refractivity contribution in [2.45, 2.75) is 71.8 Å². The molecule has 0 amide bonds. The first-order valence-corrected chi connectivity index (χ1v) is 19.9. The van der Waals surface area contributed by atoms with Crippen LogP contribution in [-0.2, 0) is 12.3 Å². The minimum atomic E-state index is -2.35. The summed E-state index contributed by atoms with van der Waals surface area (Å²) < 4.78 is 19.6. The molecule has 0 rings (SSSR count). The molecule has 0 aliphatic carbocycles. The molecule has 0 fully saturated rings. The third-order valence-corrected chi connectivity index (χ3v) is 19.9. The molecule has 22 heavy (non-hydrogen) atoms. The van der Waals surface area contributed by atoms with Crippen LogP contribution in [0.5, 0.6) is 0 Å². The first-order chi connectivity index (χ1) is 9.80. The Morgan fingerprint density at radius 2 is 1.23 bits per heavy atom. The minimum Gasteiger partial charge on any atom is -0.436 e. The van der Waals surface area contributed by atoms with Gasteiger partial charge in [-0.2, -0.15) is 0 Å². The van der Waals surface area contributed by atoms with E-state index in [1.807, 2.05) is 0 Å². The molecule has 0 bridgehead atoms. The standard InChI is InChI=1S/C13H38N2O3Si4/c1-10-19(3,4)16-21(7,8)18-22(9,13-15-12-14)17-20(5,6)11-2/h15H,10-14H2,1-9H3. The van der Waals surface area contributed by atoms with Crippen LogP contribution in [0.3, 0.4) is 0 Å². The van der Waals surface area contributed by atoms with Crippen LogP contribution in [0, 0.1) is 0 Å². The lowest BCUT2D eigenvalue weighted by atomic mass is 11.0. The van der Waals surface area contributed by atoms with Gasteiger partial charge in [0.2, 0.25) is 0 Å². The Hall–Kier alpha value is 0.668. The molecule has 1 atom stereocenters. The van der Waals surface area contributed by atoms with Crippen molar-refractivity contribution in [1.82, 2.24) is 5.32 Å². The number of nitrogens with two attached hydrogens (primary N) is 1. The molecule has 0 aromatic rings. The van der Waals surface area contributed by atoms with Crippen LogP contribution >= 0.6 is 0 Å². The highest BCUT2D eigenvalue weighted by Gasteiger charge is 2.45. The van der Waals surface area contributed by atoms with Crippen LogP contribution in [0.25, 0.3) is 0 Å². The van der Waals surface area contributed by atoms with Gasteiger partial charge in [-0.1, -0.05) is 13.8 Å². The fourth-order valence-corrected chi connectivity index (χ4v) is 19.9. The summed E-state index contributed by atoms with van der Waals surface area (Å²) in [7, 11) is -7.90. The summed E-state index contributed by atoms with van der Waals surface area (Å²) in [4.78, 5) is 0. The van der Waals surface area contributed by atoms with Gasteiger partial charge in [-0.05, 0) is 57.9 Å². The van der Waals surface area contributed by atoms with Crippen molar-refractivity contribution < 1.29 is 12.3 Å². The maximum Gasteiger partial charge on any atom is 0.330 e. The summed E-state index contributed by atoms with van der Waals surface area (Å²) in [5.41, 5.74) is 5.62. The molecule has 3 N–H and O–H groups in total. The molecule has 0 aromatic heterocycles. The fraction of sp³-hybridized carbons (Fsp3) is 1.00. The first-order valence-electron chi connectivity index (χ1n) is 8.31. The monoisotopic (exact) mass is 382 g/mol. The van der Waals surface area contributed by atoms with Gasteiger partial charge in [0.25, 0.3) is 0 Å². The molecule has 0 aromatic carbocycles. The molecule has 0 spiro atoms. The van der Waals surface area contributed by atoms with Gasteiger partial charge in [0.05, 0.1) is 0 Å². The van der Waals surface area contributed by atoms with Gasteiger partial charge in [-0.3, -0.25) is 0 Å². The highest BCUT2D eigenvalue weighted by molar-refractivity contribution is 6.89. The van der Waals surface area contributed by atoms with Crippen LogP contribution in [0.2, 0.25) is 57.9 Å². The second kappa shape index (κ2) is 8.67. The number of rotatable bonds is 11. The van der Waals surface area contributed by atoms with Crippen molar-refractivity contribution in [3.8, 4) is 0 Å². The molecule has 9 heteroatoms. The average molecular weight is 383 g/mol. The Labute approximate surface area is 142 Å². The predicted octanol–water partition coefficient (Wildman–Crippen LogP) is 3.31. The van der Waals surface area contributed by atoms with Crippen molar-refractivity contribution in [3.63, 3.8) is 0 Å². The van der Waals surface area contributed by atoms with Crippen molar-refractivity contribution in [1.29, 1.82) is 0 Å². The van der Waals surface area contributed by atoms with E-state index in [-0.39, 0.29) is 0 Å². The highest BCUT2D eigenvalue weighted by Crippen LogP contribution is 2.25. The molecule has 1 unspecified atom stereocenters. The molecule has 5 nitrogen and oxygen atoms in total. The summed E-state index contributed by atoms with van der Waals surface area (Å²) in [5.74, 6) is 0. The summed E-state index contributed by atoms with van der Waals surface area (Å²) in [6.07, 6.45) is 0.716. The predicted molar refractivity (Wildman–Crippen MR) is 105 cm³/mol. The topological polar surface area (TPSA) is 65.7 Å². The number of hydrogen-bond acceptors (Lipinski definition) is 5. The zero-order valence-electron chi connectivity index (χ0n) is 16.1. The van der Waals surface area contributed by atoms with Crippen molar-refractivity contribution in [2.75, 3.05) is 12.8 Å². The van der Waals surface area contributed by atoms with E-state index < -0.39 is 33.8 Å². The lowest BCUT2D eigenvalue weighted by Gasteiger charge is -2.42. The second-order valence-corrected chi connectivity index (χ2v) is 24.0. The highest BCUT2D eigenvalue weighted by atomic mass is 28.5. The van der Waals surface area contributed by atoms with E-state index in [0.717, 1.165) is 12.1 Å². The maximum absolute atomic E-state index is 6.59. The molecular formula is C13H38N2O3Si4. The Morgan fingerprint density at radius 3 is 1.64 bits per heavy atom.